The third kappa shape index (κ3) is 5.75. The van der Waals surface area contributed by atoms with Crippen molar-refractivity contribution in [3.63, 3.8) is 0 Å². The Morgan fingerprint density at radius 2 is 1.72 bits per heavy atom. The van der Waals surface area contributed by atoms with Crippen LogP contribution in [0.1, 0.15) is 61.4 Å². The summed E-state index contributed by atoms with van der Waals surface area (Å²) < 4.78 is 5.29. The number of ether oxygens (including phenoxy) is 1. The predicted molar refractivity (Wildman–Crippen MR) is 107 cm³/mol. The Kier molecular flexibility index (Phi) is 7.18. The number of carbonyl (C=O) groups excluding carboxylic acids is 4. The molecule has 0 spiro atoms. The zero-order valence-corrected chi connectivity index (χ0v) is 16.9. The largest absolute Gasteiger partial charge is 0.457 e. The van der Waals surface area contributed by atoms with Gasteiger partial charge in [0.2, 0.25) is 5.91 Å². The number of benzene rings is 1. The molecule has 0 saturated heterocycles. The molecule has 1 aromatic rings. The minimum absolute atomic E-state index is 0.00561. The van der Waals surface area contributed by atoms with E-state index in [1.165, 1.54) is 6.92 Å². The summed E-state index contributed by atoms with van der Waals surface area (Å²) in [5, 5.41) is 2.75. The Bertz CT molecular complexity index is 754. The van der Waals surface area contributed by atoms with Crippen LogP contribution in [0.2, 0.25) is 0 Å². The van der Waals surface area contributed by atoms with Crippen molar-refractivity contribution in [3.8, 4) is 0 Å². The van der Waals surface area contributed by atoms with Gasteiger partial charge in [-0.05, 0) is 44.1 Å². The van der Waals surface area contributed by atoms with Gasteiger partial charge in [-0.2, -0.15) is 0 Å². The number of hydrogen-bond acceptors (Lipinski definition) is 5. The lowest BCUT2D eigenvalue weighted by Gasteiger charge is -2.36. The fourth-order valence-electron chi connectivity index (χ4n) is 4.42. The molecule has 29 heavy (non-hydrogen) atoms. The number of rotatable bonds is 8. The first kappa shape index (κ1) is 21.2. The van der Waals surface area contributed by atoms with Crippen LogP contribution in [0.3, 0.4) is 0 Å². The Labute approximate surface area is 171 Å². The second-order valence-electron chi connectivity index (χ2n) is 8.21. The predicted octanol–water partition coefficient (Wildman–Crippen LogP) is 2.88. The van der Waals surface area contributed by atoms with Crippen LogP contribution in [-0.2, 0) is 25.5 Å². The molecule has 2 saturated carbocycles. The lowest BCUT2D eigenvalue weighted by atomic mass is 9.67. The molecule has 0 radical (unpaired) electrons. The third-order valence-corrected chi connectivity index (χ3v) is 6.02. The molecule has 0 unspecified atom stereocenters. The third-order valence-electron chi connectivity index (χ3n) is 6.02. The number of nitrogens with one attached hydrogen (secondary N) is 1. The molecule has 2 aliphatic carbocycles. The molecular formula is C23H29NO5. The second-order valence-corrected chi connectivity index (χ2v) is 8.21. The molecule has 0 aromatic heterocycles. The van der Waals surface area contributed by atoms with Crippen molar-refractivity contribution < 1.29 is 23.9 Å². The fraction of sp³-hybridized carbons (Fsp3) is 0.565. The van der Waals surface area contributed by atoms with E-state index in [1.807, 2.05) is 12.1 Å². The van der Waals surface area contributed by atoms with Gasteiger partial charge in [-0.3, -0.25) is 19.2 Å². The lowest BCUT2D eigenvalue weighted by Crippen LogP contribution is -2.39. The van der Waals surface area contributed by atoms with Gasteiger partial charge < -0.3 is 10.1 Å². The molecule has 1 amide bonds. The first-order valence-corrected chi connectivity index (χ1v) is 10.5. The van der Waals surface area contributed by atoms with Crippen LogP contribution in [0.15, 0.2) is 24.3 Å². The normalized spacial score (nSPS) is 23.3. The summed E-state index contributed by atoms with van der Waals surface area (Å²) in [6.07, 6.45) is 5.57. The van der Waals surface area contributed by atoms with Crippen molar-refractivity contribution in [1.82, 2.24) is 5.32 Å². The molecule has 156 valence electrons. The van der Waals surface area contributed by atoms with Crippen LogP contribution in [0.4, 0.5) is 0 Å². The molecule has 2 fully saturated rings. The summed E-state index contributed by atoms with van der Waals surface area (Å²) in [4.78, 5) is 47.7. The maximum absolute atomic E-state index is 12.4. The van der Waals surface area contributed by atoms with Crippen molar-refractivity contribution in [2.45, 2.75) is 51.9 Å². The molecule has 2 bridgehead atoms. The van der Waals surface area contributed by atoms with E-state index in [1.54, 1.807) is 12.1 Å². The van der Waals surface area contributed by atoms with Gasteiger partial charge in [0.25, 0.3) is 0 Å². The fourth-order valence-corrected chi connectivity index (χ4v) is 4.42. The Hall–Kier alpha value is -2.50. The number of hydrogen-bond donors (Lipinski definition) is 1. The highest BCUT2D eigenvalue weighted by atomic mass is 16.5. The number of carbonyl (C=O) groups is 4. The quantitative estimate of drug-likeness (QED) is 0.412. The van der Waals surface area contributed by atoms with Gasteiger partial charge in [-0.1, -0.05) is 30.7 Å². The number of amides is 1. The molecular weight excluding hydrogens is 370 g/mol. The maximum atomic E-state index is 12.4. The summed E-state index contributed by atoms with van der Waals surface area (Å²) in [7, 11) is 0. The molecule has 3 rings (SSSR count). The minimum atomic E-state index is -0.350. The van der Waals surface area contributed by atoms with Gasteiger partial charge in [-0.15, -0.1) is 0 Å². The van der Waals surface area contributed by atoms with E-state index in [2.05, 4.69) is 5.32 Å². The summed E-state index contributed by atoms with van der Waals surface area (Å²) in [6, 6.07) is 7.26. The highest BCUT2D eigenvalue weighted by molar-refractivity contribution is 5.98. The van der Waals surface area contributed by atoms with E-state index in [-0.39, 0.29) is 42.0 Å². The molecule has 0 aliphatic heterocycles. The molecule has 2 aliphatic rings. The van der Waals surface area contributed by atoms with Gasteiger partial charge in [0, 0.05) is 30.9 Å². The Morgan fingerprint density at radius 1 is 1.07 bits per heavy atom. The summed E-state index contributed by atoms with van der Waals surface area (Å²) in [5.41, 5.74) is 1.60. The monoisotopic (exact) mass is 399 g/mol. The van der Waals surface area contributed by atoms with Crippen LogP contribution in [0.25, 0.3) is 0 Å². The number of aryl methyl sites for hydroxylation is 1. The lowest BCUT2D eigenvalue weighted by molar-refractivity contribution is -0.152. The van der Waals surface area contributed by atoms with Crippen molar-refractivity contribution >= 4 is 23.4 Å². The van der Waals surface area contributed by atoms with E-state index < -0.39 is 0 Å². The number of esters is 1. The molecule has 1 N–H and O–H groups in total. The number of Topliss-reactive ketones (excluding diaryl/α,β-unsaturated/α-hetero) is 2. The number of ketones is 2. The highest BCUT2D eigenvalue weighted by Crippen LogP contribution is 2.40. The van der Waals surface area contributed by atoms with Crippen LogP contribution in [0, 0.1) is 17.8 Å². The molecule has 1 aromatic carbocycles. The average Bonchev–Trinajstić information content (AvgIpc) is 2.69. The summed E-state index contributed by atoms with van der Waals surface area (Å²) in [5.74, 6) is -0.575. The van der Waals surface area contributed by atoms with Crippen LogP contribution in [0.5, 0.6) is 0 Å². The molecule has 6 nitrogen and oxygen atoms in total. The SMILES string of the molecule is CC(=O)NCCCc1ccc(C(=O)COC(=O)C2C[C@H]3CCC[C@H](C2)C3=O)cc1. The first-order valence-electron chi connectivity index (χ1n) is 10.5. The van der Waals surface area contributed by atoms with Crippen molar-refractivity contribution in [2.24, 2.45) is 17.8 Å². The summed E-state index contributed by atoms with van der Waals surface area (Å²) in [6.45, 7) is 1.85. The number of fused-ring (bicyclic) bond motifs is 2. The molecule has 6 heteroatoms. The van der Waals surface area contributed by atoms with Gasteiger partial charge in [0.1, 0.15) is 5.78 Å². The Morgan fingerprint density at radius 3 is 2.34 bits per heavy atom. The van der Waals surface area contributed by atoms with Gasteiger partial charge in [0.05, 0.1) is 5.92 Å². The van der Waals surface area contributed by atoms with Crippen LogP contribution < -0.4 is 5.32 Å². The topological polar surface area (TPSA) is 89.5 Å². The maximum Gasteiger partial charge on any atom is 0.309 e. The van der Waals surface area contributed by atoms with E-state index in [9.17, 15) is 19.2 Å². The van der Waals surface area contributed by atoms with Crippen molar-refractivity contribution in [3.05, 3.63) is 35.4 Å². The van der Waals surface area contributed by atoms with Gasteiger partial charge >= 0.3 is 5.97 Å². The smallest absolute Gasteiger partial charge is 0.309 e. The molecule has 0 heterocycles. The van der Waals surface area contributed by atoms with Gasteiger partial charge in [-0.25, -0.2) is 0 Å². The Balaban J connectivity index is 1.43. The van der Waals surface area contributed by atoms with E-state index in [0.717, 1.165) is 37.7 Å². The van der Waals surface area contributed by atoms with Gasteiger partial charge in [0.15, 0.2) is 12.4 Å². The van der Waals surface area contributed by atoms with Crippen LogP contribution in [-0.4, -0.2) is 36.6 Å². The zero-order valence-electron chi connectivity index (χ0n) is 16.9. The van der Waals surface area contributed by atoms with Crippen molar-refractivity contribution in [2.75, 3.05) is 13.2 Å². The average molecular weight is 399 g/mol. The second kappa shape index (κ2) is 9.81. The summed E-state index contributed by atoms with van der Waals surface area (Å²) >= 11 is 0. The minimum Gasteiger partial charge on any atom is -0.457 e. The highest BCUT2D eigenvalue weighted by Gasteiger charge is 2.41. The van der Waals surface area contributed by atoms with E-state index >= 15 is 0 Å². The van der Waals surface area contributed by atoms with E-state index in [0.29, 0.717) is 30.7 Å². The molecule has 2 atom stereocenters. The van der Waals surface area contributed by atoms with Crippen molar-refractivity contribution in [1.29, 1.82) is 0 Å². The zero-order chi connectivity index (χ0) is 20.8. The standard InChI is InChI=1S/C23H29NO5/c1-15(25)24-11-3-4-16-7-9-17(10-8-16)21(26)14-29-23(28)20-12-18-5-2-6-19(13-20)22(18)27/h7-10,18-20H,2-6,11-14H2,1H3,(H,24,25)/t18-,19-/m1/s1. The van der Waals surface area contributed by atoms with E-state index in [4.69, 9.17) is 4.74 Å². The van der Waals surface area contributed by atoms with Crippen LogP contribution >= 0.6 is 0 Å². The first-order chi connectivity index (χ1) is 13.9.